The lowest BCUT2D eigenvalue weighted by molar-refractivity contribution is -0.116. The Morgan fingerprint density at radius 2 is 2.04 bits per heavy atom. The normalized spacial score (nSPS) is 11.8. The molecule has 0 atom stereocenters. The first-order chi connectivity index (χ1) is 11.0. The number of carbonyl (C=O) groups is 1. The number of fused-ring (bicyclic) bond motifs is 1. The van der Waals surface area contributed by atoms with E-state index in [2.05, 4.69) is 5.32 Å². The molecule has 2 rings (SSSR count). The molecule has 1 aromatic heterocycles. The molecule has 2 aromatic rings. The summed E-state index contributed by atoms with van der Waals surface area (Å²) >= 11 is 0. The van der Waals surface area contributed by atoms with Crippen LogP contribution in [-0.4, -0.2) is 33.3 Å². The van der Waals surface area contributed by atoms with E-state index in [0.29, 0.717) is 18.9 Å². The monoisotopic (exact) mass is 317 g/mol. The molecule has 0 aliphatic rings. The first-order valence-electron chi connectivity index (χ1n) is 7.51. The molecule has 0 aliphatic carbocycles. The van der Waals surface area contributed by atoms with Gasteiger partial charge in [0.2, 0.25) is 5.91 Å². The molecule has 0 saturated carbocycles. The molecular weight excluding hydrogens is 294 g/mol. The maximum absolute atomic E-state index is 11.9. The maximum atomic E-state index is 11.9. The molecule has 5 heteroatoms. The van der Waals surface area contributed by atoms with Crippen LogP contribution in [-0.2, 0) is 9.53 Å². The van der Waals surface area contributed by atoms with Crippen molar-refractivity contribution in [2.24, 2.45) is 0 Å². The summed E-state index contributed by atoms with van der Waals surface area (Å²) in [6.07, 6.45) is 1.57. The van der Waals surface area contributed by atoms with Crippen molar-refractivity contribution in [3.63, 3.8) is 0 Å². The molecule has 1 N–H and O–H groups in total. The van der Waals surface area contributed by atoms with E-state index in [4.69, 9.17) is 13.9 Å². The van der Waals surface area contributed by atoms with Gasteiger partial charge in [0, 0.05) is 36.7 Å². The third kappa shape index (κ3) is 3.74. The average molecular weight is 317 g/mol. The zero-order valence-electron chi connectivity index (χ0n) is 14.3. The topological polar surface area (TPSA) is 60.7 Å². The maximum Gasteiger partial charge on any atom is 0.244 e. The standard InChI is InChI=1S/C18H23NO4/c1-11(8-18(20)19-6-7-21-4)14-9-15-12(2)13(3)23-17(15)10-16(14)22-5/h8-10H,6-7H2,1-5H3,(H,19,20)/b11-8+. The van der Waals surface area contributed by atoms with E-state index in [1.807, 2.05) is 32.9 Å². The molecule has 1 heterocycles. The molecule has 0 fully saturated rings. The van der Waals surface area contributed by atoms with Crippen molar-refractivity contribution in [3.8, 4) is 5.75 Å². The second kappa shape index (κ2) is 7.33. The summed E-state index contributed by atoms with van der Waals surface area (Å²) in [5, 5.41) is 3.81. The number of furan rings is 1. The molecule has 124 valence electrons. The van der Waals surface area contributed by atoms with Crippen LogP contribution in [0.1, 0.15) is 23.8 Å². The Kier molecular flexibility index (Phi) is 5.45. The number of carbonyl (C=O) groups excluding carboxylic acids is 1. The number of nitrogens with one attached hydrogen (secondary N) is 1. The molecular formula is C18H23NO4. The van der Waals surface area contributed by atoms with Crippen LogP contribution in [0.25, 0.3) is 16.5 Å². The number of amides is 1. The van der Waals surface area contributed by atoms with Gasteiger partial charge in [-0.1, -0.05) is 0 Å². The van der Waals surface area contributed by atoms with Crippen LogP contribution < -0.4 is 10.1 Å². The Balaban J connectivity index is 2.36. The minimum Gasteiger partial charge on any atom is -0.496 e. The summed E-state index contributed by atoms with van der Waals surface area (Å²) in [6, 6.07) is 3.87. The zero-order chi connectivity index (χ0) is 17.0. The van der Waals surface area contributed by atoms with Gasteiger partial charge in [-0.2, -0.15) is 0 Å². The Labute approximate surface area is 136 Å². The summed E-state index contributed by atoms with van der Waals surface area (Å²) in [4.78, 5) is 11.9. The van der Waals surface area contributed by atoms with Crippen molar-refractivity contribution in [2.75, 3.05) is 27.4 Å². The third-order valence-corrected chi connectivity index (χ3v) is 3.87. The Morgan fingerprint density at radius 3 is 2.70 bits per heavy atom. The van der Waals surface area contributed by atoms with Gasteiger partial charge in [-0.05, 0) is 38.0 Å². The second-order valence-electron chi connectivity index (χ2n) is 5.44. The Morgan fingerprint density at radius 1 is 1.30 bits per heavy atom. The zero-order valence-corrected chi connectivity index (χ0v) is 14.3. The quantitative estimate of drug-likeness (QED) is 0.656. The van der Waals surface area contributed by atoms with E-state index >= 15 is 0 Å². The number of rotatable bonds is 6. The highest BCUT2D eigenvalue weighted by molar-refractivity contribution is 5.97. The van der Waals surface area contributed by atoms with Crippen molar-refractivity contribution in [1.82, 2.24) is 5.32 Å². The lowest BCUT2D eigenvalue weighted by Crippen LogP contribution is -2.25. The molecule has 0 unspecified atom stereocenters. The highest BCUT2D eigenvalue weighted by atomic mass is 16.5. The predicted octanol–water partition coefficient (Wildman–Crippen LogP) is 3.22. The molecule has 0 aliphatic heterocycles. The molecule has 0 bridgehead atoms. The van der Waals surface area contributed by atoms with Crippen molar-refractivity contribution < 1.29 is 18.7 Å². The first kappa shape index (κ1) is 17.1. The minimum atomic E-state index is -0.151. The molecule has 1 amide bonds. The van der Waals surface area contributed by atoms with Crippen LogP contribution >= 0.6 is 0 Å². The van der Waals surface area contributed by atoms with E-state index < -0.39 is 0 Å². The van der Waals surface area contributed by atoms with Gasteiger partial charge in [-0.25, -0.2) is 0 Å². The Bertz CT molecular complexity index is 743. The molecule has 0 radical (unpaired) electrons. The highest BCUT2D eigenvalue weighted by Gasteiger charge is 2.14. The van der Waals surface area contributed by atoms with Crippen molar-refractivity contribution in [3.05, 3.63) is 35.1 Å². The summed E-state index contributed by atoms with van der Waals surface area (Å²) < 4.78 is 16.1. The molecule has 23 heavy (non-hydrogen) atoms. The lowest BCUT2D eigenvalue weighted by atomic mass is 10.0. The number of hydrogen-bond acceptors (Lipinski definition) is 4. The molecule has 1 aromatic carbocycles. The molecule has 0 spiro atoms. The van der Waals surface area contributed by atoms with E-state index in [-0.39, 0.29) is 5.91 Å². The van der Waals surface area contributed by atoms with Crippen LogP contribution in [0.5, 0.6) is 5.75 Å². The van der Waals surface area contributed by atoms with Gasteiger partial charge in [0.1, 0.15) is 17.1 Å². The largest absolute Gasteiger partial charge is 0.496 e. The van der Waals surface area contributed by atoms with Gasteiger partial charge < -0.3 is 19.2 Å². The predicted molar refractivity (Wildman–Crippen MR) is 90.8 cm³/mol. The summed E-state index contributed by atoms with van der Waals surface area (Å²) in [5.74, 6) is 1.42. The number of methoxy groups -OCH3 is 2. The number of ether oxygens (including phenoxy) is 2. The number of benzene rings is 1. The van der Waals surface area contributed by atoms with Gasteiger partial charge in [0.15, 0.2) is 0 Å². The van der Waals surface area contributed by atoms with Gasteiger partial charge in [0.25, 0.3) is 0 Å². The van der Waals surface area contributed by atoms with Gasteiger partial charge in [-0.3, -0.25) is 4.79 Å². The van der Waals surface area contributed by atoms with Gasteiger partial charge in [-0.15, -0.1) is 0 Å². The van der Waals surface area contributed by atoms with Crippen LogP contribution in [0.3, 0.4) is 0 Å². The number of aryl methyl sites for hydroxylation is 2. The van der Waals surface area contributed by atoms with E-state index in [9.17, 15) is 4.79 Å². The van der Waals surface area contributed by atoms with Crippen LogP contribution in [0.2, 0.25) is 0 Å². The van der Waals surface area contributed by atoms with Crippen molar-refractivity contribution in [1.29, 1.82) is 0 Å². The van der Waals surface area contributed by atoms with Crippen LogP contribution in [0.15, 0.2) is 22.6 Å². The number of allylic oxidation sites excluding steroid dienone is 1. The minimum absolute atomic E-state index is 0.151. The van der Waals surface area contributed by atoms with Crippen molar-refractivity contribution >= 4 is 22.4 Å². The van der Waals surface area contributed by atoms with Gasteiger partial charge >= 0.3 is 0 Å². The first-order valence-corrected chi connectivity index (χ1v) is 7.51. The molecule has 0 saturated heterocycles. The van der Waals surface area contributed by atoms with Crippen LogP contribution in [0, 0.1) is 13.8 Å². The fourth-order valence-electron chi connectivity index (χ4n) is 2.45. The fraction of sp³-hybridized carbons (Fsp3) is 0.389. The summed E-state index contributed by atoms with van der Waals surface area (Å²) in [6.45, 7) is 6.82. The van der Waals surface area contributed by atoms with Crippen LogP contribution in [0.4, 0.5) is 0 Å². The Hall–Kier alpha value is -2.27. The van der Waals surface area contributed by atoms with E-state index in [1.165, 1.54) is 0 Å². The SMILES string of the molecule is COCCNC(=O)/C=C(\C)c1cc2c(C)c(C)oc2cc1OC. The summed E-state index contributed by atoms with van der Waals surface area (Å²) in [7, 11) is 3.21. The molecule has 5 nitrogen and oxygen atoms in total. The van der Waals surface area contributed by atoms with E-state index in [0.717, 1.165) is 33.4 Å². The highest BCUT2D eigenvalue weighted by Crippen LogP contribution is 2.34. The summed E-state index contributed by atoms with van der Waals surface area (Å²) in [5.41, 5.74) is 3.60. The van der Waals surface area contributed by atoms with Gasteiger partial charge in [0.05, 0.1) is 13.7 Å². The van der Waals surface area contributed by atoms with E-state index in [1.54, 1.807) is 20.3 Å². The second-order valence-corrected chi connectivity index (χ2v) is 5.44. The van der Waals surface area contributed by atoms with Crippen molar-refractivity contribution in [2.45, 2.75) is 20.8 Å². The smallest absolute Gasteiger partial charge is 0.244 e. The fourth-order valence-corrected chi connectivity index (χ4v) is 2.45. The number of hydrogen-bond donors (Lipinski definition) is 1. The third-order valence-electron chi connectivity index (χ3n) is 3.87. The lowest BCUT2D eigenvalue weighted by Gasteiger charge is -2.09. The average Bonchev–Trinajstić information content (AvgIpc) is 2.80.